The summed E-state index contributed by atoms with van der Waals surface area (Å²) in [6, 6.07) is 15.0. The third-order valence-corrected chi connectivity index (χ3v) is 3.26. The number of hydrogen-bond acceptors (Lipinski definition) is 3. The summed E-state index contributed by atoms with van der Waals surface area (Å²) in [6.45, 7) is 0. The van der Waals surface area contributed by atoms with Gasteiger partial charge >= 0.3 is 5.97 Å². The average Bonchev–Trinajstić information content (AvgIpc) is 2.96. The van der Waals surface area contributed by atoms with Crippen molar-refractivity contribution in [1.82, 2.24) is 4.98 Å². The highest BCUT2D eigenvalue weighted by Gasteiger charge is 2.04. The minimum atomic E-state index is -0.345. The predicted molar refractivity (Wildman–Crippen MR) is 83.3 cm³/mol. The molecule has 0 saturated heterocycles. The van der Waals surface area contributed by atoms with Crippen molar-refractivity contribution in [2.24, 2.45) is 4.99 Å². The lowest BCUT2D eigenvalue weighted by atomic mass is 10.2. The zero-order chi connectivity index (χ0) is 14.7. The zero-order valence-electron chi connectivity index (χ0n) is 11.5. The molecule has 4 heteroatoms. The zero-order valence-corrected chi connectivity index (χ0v) is 11.5. The van der Waals surface area contributed by atoms with E-state index < -0.39 is 0 Å². The number of ether oxygens (including phenoxy) is 1. The van der Waals surface area contributed by atoms with Crippen molar-refractivity contribution in [3.8, 4) is 0 Å². The van der Waals surface area contributed by atoms with E-state index in [9.17, 15) is 4.79 Å². The Kier molecular flexibility index (Phi) is 3.51. The van der Waals surface area contributed by atoms with E-state index in [-0.39, 0.29) is 5.97 Å². The van der Waals surface area contributed by atoms with Crippen LogP contribution < -0.4 is 0 Å². The standard InChI is InChI=1S/C17H14N2O2/c1-21-17(20)12-6-8-14(9-7-12)18-10-13-11-19-16-5-3-2-4-15(13)16/h2-11,19H,1H3/b18-10+. The first-order valence-electron chi connectivity index (χ1n) is 6.56. The number of methoxy groups -OCH3 is 1. The number of carbonyl (C=O) groups excluding carboxylic acids is 1. The number of aromatic amines is 1. The van der Waals surface area contributed by atoms with Crippen molar-refractivity contribution in [3.63, 3.8) is 0 Å². The van der Waals surface area contributed by atoms with Crippen molar-refractivity contribution in [2.75, 3.05) is 7.11 Å². The van der Waals surface area contributed by atoms with Crippen LogP contribution in [0.15, 0.2) is 59.7 Å². The minimum absolute atomic E-state index is 0.345. The summed E-state index contributed by atoms with van der Waals surface area (Å²) < 4.78 is 4.66. The molecule has 0 bridgehead atoms. The Hall–Kier alpha value is -2.88. The monoisotopic (exact) mass is 278 g/mol. The van der Waals surface area contributed by atoms with Gasteiger partial charge < -0.3 is 9.72 Å². The molecule has 0 fully saturated rings. The first kappa shape index (κ1) is 13.1. The van der Waals surface area contributed by atoms with Crippen LogP contribution in [-0.2, 0) is 4.74 Å². The van der Waals surface area contributed by atoms with Crippen molar-refractivity contribution in [2.45, 2.75) is 0 Å². The van der Waals surface area contributed by atoms with E-state index in [1.54, 1.807) is 24.3 Å². The summed E-state index contributed by atoms with van der Waals surface area (Å²) in [5.74, 6) is -0.345. The highest BCUT2D eigenvalue weighted by atomic mass is 16.5. The molecule has 0 unspecified atom stereocenters. The van der Waals surface area contributed by atoms with E-state index in [2.05, 4.69) is 14.7 Å². The van der Waals surface area contributed by atoms with Crippen LogP contribution in [0, 0.1) is 0 Å². The number of H-pyrrole nitrogens is 1. The van der Waals surface area contributed by atoms with Gasteiger partial charge in [0.25, 0.3) is 0 Å². The van der Waals surface area contributed by atoms with Crippen LogP contribution in [-0.4, -0.2) is 24.3 Å². The molecular weight excluding hydrogens is 264 g/mol. The number of hydrogen-bond donors (Lipinski definition) is 1. The molecule has 1 aromatic heterocycles. The number of aliphatic imine (C=N–C) groups is 1. The van der Waals surface area contributed by atoms with Gasteiger partial charge in [-0.15, -0.1) is 0 Å². The lowest BCUT2D eigenvalue weighted by Crippen LogP contribution is -1.99. The molecule has 0 aliphatic heterocycles. The molecule has 0 spiro atoms. The topological polar surface area (TPSA) is 54.4 Å². The van der Waals surface area contributed by atoms with Gasteiger partial charge in [0.1, 0.15) is 0 Å². The van der Waals surface area contributed by atoms with E-state index in [0.717, 1.165) is 22.2 Å². The summed E-state index contributed by atoms with van der Waals surface area (Å²) in [7, 11) is 1.37. The molecule has 3 rings (SSSR count). The van der Waals surface area contributed by atoms with Crippen LogP contribution in [0.4, 0.5) is 5.69 Å². The number of esters is 1. The second kappa shape index (κ2) is 5.63. The number of fused-ring (bicyclic) bond motifs is 1. The van der Waals surface area contributed by atoms with E-state index in [0.29, 0.717) is 5.56 Å². The Balaban J connectivity index is 1.84. The number of nitrogens with one attached hydrogen (secondary N) is 1. The van der Waals surface area contributed by atoms with Gasteiger partial charge in [-0.1, -0.05) is 18.2 Å². The highest BCUT2D eigenvalue weighted by Crippen LogP contribution is 2.18. The van der Waals surface area contributed by atoms with Gasteiger partial charge in [-0.3, -0.25) is 4.99 Å². The maximum atomic E-state index is 11.4. The van der Waals surface area contributed by atoms with Crippen LogP contribution in [0.2, 0.25) is 0 Å². The Labute approximate surface area is 122 Å². The largest absolute Gasteiger partial charge is 0.465 e. The Morgan fingerprint density at radius 2 is 1.90 bits per heavy atom. The Bertz CT molecular complexity index is 801. The molecule has 104 valence electrons. The fraction of sp³-hybridized carbons (Fsp3) is 0.0588. The lowest BCUT2D eigenvalue weighted by molar-refractivity contribution is 0.0601. The molecular formula is C17H14N2O2. The summed E-state index contributed by atoms with van der Waals surface area (Å²) >= 11 is 0. The van der Waals surface area contributed by atoms with Gasteiger partial charge in [0.2, 0.25) is 0 Å². The van der Waals surface area contributed by atoms with Crippen LogP contribution in [0.25, 0.3) is 10.9 Å². The maximum Gasteiger partial charge on any atom is 0.337 e. The molecule has 0 aliphatic rings. The van der Waals surface area contributed by atoms with Crippen molar-refractivity contribution < 1.29 is 9.53 Å². The lowest BCUT2D eigenvalue weighted by Gasteiger charge is -1.99. The number of carbonyl (C=O) groups is 1. The van der Waals surface area contributed by atoms with E-state index in [1.807, 2.05) is 36.7 Å². The number of aromatic nitrogens is 1. The molecule has 0 saturated carbocycles. The average molecular weight is 278 g/mol. The van der Waals surface area contributed by atoms with Crippen molar-refractivity contribution >= 4 is 28.8 Å². The quantitative estimate of drug-likeness (QED) is 0.586. The molecule has 3 aromatic rings. The molecule has 21 heavy (non-hydrogen) atoms. The van der Waals surface area contributed by atoms with Crippen LogP contribution >= 0.6 is 0 Å². The number of benzene rings is 2. The molecule has 0 aliphatic carbocycles. The van der Waals surface area contributed by atoms with Crippen LogP contribution in [0.3, 0.4) is 0 Å². The molecule has 0 amide bonds. The fourth-order valence-corrected chi connectivity index (χ4v) is 2.15. The van der Waals surface area contributed by atoms with Crippen molar-refractivity contribution in [1.29, 1.82) is 0 Å². The van der Waals surface area contributed by atoms with Gasteiger partial charge in [-0.2, -0.15) is 0 Å². The van der Waals surface area contributed by atoms with Gasteiger partial charge in [0, 0.05) is 28.9 Å². The summed E-state index contributed by atoms with van der Waals surface area (Å²) in [6.07, 6.45) is 3.74. The molecule has 2 aromatic carbocycles. The fourth-order valence-electron chi connectivity index (χ4n) is 2.15. The van der Waals surface area contributed by atoms with E-state index >= 15 is 0 Å². The van der Waals surface area contributed by atoms with E-state index in [1.165, 1.54) is 7.11 Å². The highest BCUT2D eigenvalue weighted by molar-refractivity contribution is 5.99. The second-order valence-corrected chi connectivity index (χ2v) is 4.59. The third kappa shape index (κ3) is 2.69. The number of nitrogens with zero attached hydrogens (tertiary/aromatic N) is 1. The molecule has 0 atom stereocenters. The summed E-state index contributed by atoms with van der Waals surface area (Å²) in [5.41, 5.74) is 3.42. The summed E-state index contributed by atoms with van der Waals surface area (Å²) in [4.78, 5) is 19.0. The predicted octanol–water partition coefficient (Wildman–Crippen LogP) is 3.71. The molecule has 4 nitrogen and oxygen atoms in total. The number of para-hydroxylation sites is 1. The van der Waals surface area contributed by atoms with Gasteiger partial charge in [0.05, 0.1) is 18.4 Å². The maximum absolute atomic E-state index is 11.4. The van der Waals surface area contributed by atoms with Gasteiger partial charge in [0.15, 0.2) is 0 Å². The molecule has 0 radical (unpaired) electrons. The SMILES string of the molecule is COC(=O)c1ccc(/N=C/c2c[nH]c3ccccc23)cc1. The van der Waals surface area contributed by atoms with Gasteiger partial charge in [-0.05, 0) is 30.3 Å². The second-order valence-electron chi connectivity index (χ2n) is 4.59. The minimum Gasteiger partial charge on any atom is -0.465 e. The van der Waals surface area contributed by atoms with Crippen molar-refractivity contribution in [3.05, 3.63) is 65.9 Å². The van der Waals surface area contributed by atoms with E-state index in [4.69, 9.17) is 0 Å². The number of rotatable bonds is 3. The molecule has 1 heterocycles. The summed E-state index contributed by atoms with van der Waals surface area (Å²) in [5, 5.41) is 1.13. The Morgan fingerprint density at radius 1 is 1.14 bits per heavy atom. The first-order chi connectivity index (χ1) is 10.3. The third-order valence-electron chi connectivity index (χ3n) is 3.26. The molecule has 1 N–H and O–H groups in total. The van der Waals surface area contributed by atoms with Gasteiger partial charge in [-0.25, -0.2) is 4.79 Å². The Morgan fingerprint density at radius 3 is 2.67 bits per heavy atom. The normalized spacial score (nSPS) is 11.1. The smallest absolute Gasteiger partial charge is 0.337 e. The van der Waals surface area contributed by atoms with Crippen LogP contribution in [0.1, 0.15) is 15.9 Å². The first-order valence-corrected chi connectivity index (χ1v) is 6.56. The van der Waals surface area contributed by atoms with Crippen LogP contribution in [0.5, 0.6) is 0 Å².